The predicted octanol–water partition coefficient (Wildman–Crippen LogP) is 6.21. The molecule has 4 rings (SSSR count). The van der Waals surface area contributed by atoms with E-state index >= 15 is 0 Å². The van der Waals surface area contributed by atoms with Crippen LogP contribution >= 0.6 is 11.3 Å². The Bertz CT molecular complexity index is 1170. The van der Waals surface area contributed by atoms with Gasteiger partial charge < -0.3 is 10.6 Å². The van der Waals surface area contributed by atoms with Gasteiger partial charge in [0.2, 0.25) is 0 Å². The maximum Gasteiger partial charge on any atom is 0.418 e. The summed E-state index contributed by atoms with van der Waals surface area (Å²) in [5.74, 6) is 0.220. The number of benzene rings is 2. The maximum absolute atomic E-state index is 13.3. The minimum atomic E-state index is -4.48. The Balaban J connectivity index is 1.71. The number of nitrogens with zero attached hydrogens (tertiary/aromatic N) is 3. The Morgan fingerprint density at radius 2 is 1.62 bits per heavy atom. The van der Waals surface area contributed by atoms with Crippen LogP contribution in [0, 0.1) is 13.8 Å². The molecule has 0 saturated heterocycles. The van der Waals surface area contributed by atoms with E-state index in [2.05, 4.69) is 25.6 Å². The number of hydrogen-bond donors (Lipinski definition) is 2. The topological polar surface area (TPSA) is 62.7 Å². The first-order valence-electron chi connectivity index (χ1n) is 8.71. The Kier molecular flexibility index (Phi) is 4.83. The minimum Gasteiger partial charge on any atom is -0.338 e. The molecule has 2 heterocycles. The SMILES string of the molecule is Cc1cccc(C)c1Nc1nc2c(Nc3ccccc3C(F)(F)F)ncnc2s1. The lowest BCUT2D eigenvalue weighted by Crippen LogP contribution is -2.09. The quantitative estimate of drug-likeness (QED) is 0.415. The molecule has 5 nitrogen and oxygen atoms in total. The summed E-state index contributed by atoms with van der Waals surface area (Å²) < 4.78 is 39.9. The van der Waals surface area contributed by atoms with Gasteiger partial charge in [-0.3, -0.25) is 0 Å². The van der Waals surface area contributed by atoms with Gasteiger partial charge in [0, 0.05) is 5.69 Å². The highest BCUT2D eigenvalue weighted by molar-refractivity contribution is 7.21. The van der Waals surface area contributed by atoms with Gasteiger partial charge >= 0.3 is 6.18 Å². The third kappa shape index (κ3) is 3.86. The van der Waals surface area contributed by atoms with Crippen LogP contribution in [0.1, 0.15) is 16.7 Å². The van der Waals surface area contributed by atoms with Crippen molar-refractivity contribution in [1.29, 1.82) is 0 Å². The average Bonchev–Trinajstić information content (AvgIpc) is 3.08. The number of thiazole rings is 1. The van der Waals surface area contributed by atoms with Crippen LogP contribution in [0.3, 0.4) is 0 Å². The van der Waals surface area contributed by atoms with Gasteiger partial charge in [0.25, 0.3) is 0 Å². The molecule has 2 aromatic heterocycles. The summed E-state index contributed by atoms with van der Waals surface area (Å²) in [5.41, 5.74) is 2.62. The lowest BCUT2D eigenvalue weighted by molar-refractivity contribution is -0.136. The number of nitrogens with one attached hydrogen (secondary N) is 2. The highest BCUT2D eigenvalue weighted by atomic mass is 32.1. The molecule has 0 aliphatic rings. The van der Waals surface area contributed by atoms with Gasteiger partial charge in [0.15, 0.2) is 15.8 Å². The van der Waals surface area contributed by atoms with Crippen LogP contribution < -0.4 is 10.6 Å². The van der Waals surface area contributed by atoms with Crippen LogP contribution in [-0.4, -0.2) is 15.0 Å². The van der Waals surface area contributed by atoms with Crippen molar-refractivity contribution in [3.8, 4) is 0 Å². The second kappa shape index (κ2) is 7.32. The Hall–Kier alpha value is -3.20. The van der Waals surface area contributed by atoms with Gasteiger partial charge in [0.05, 0.1) is 11.3 Å². The number of para-hydroxylation sites is 2. The molecule has 29 heavy (non-hydrogen) atoms. The Morgan fingerprint density at radius 1 is 0.897 bits per heavy atom. The first-order valence-corrected chi connectivity index (χ1v) is 9.52. The van der Waals surface area contributed by atoms with E-state index in [1.165, 1.54) is 35.9 Å². The smallest absolute Gasteiger partial charge is 0.338 e. The van der Waals surface area contributed by atoms with Gasteiger partial charge in [-0.2, -0.15) is 13.2 Å². The first-order chi connectivity index (χ1) is 13.8. The minimum absolute atomic E-state index is 0.0859. The third-order valence-electron chi connectivity index (χ3n) is 4.39. The van der Waals surface area contributed by atoms with E-state index < -0.39 is 11.7 Å². The molecule has 0 aliphatic heterocycles. The van der Waals surface area contributed by atoms with Gasteiger partial charge in [-0.25, -0.2) is 15.0 Å². The molecule has 2 aromatic carbocycles. The lowest BCUT2D eigenvalue weighted by atomic mass is 10.1. The fourth-order valence-electron chi connectivity index (χ4n) is 2.98. The molecule has 0 saturated carbocycles. The first kappa shape index (κ1) is 19.1. The molecule has 0 atom stereocenters. The van der Waals surface area contributed by atoms with Crippen molar-refractivity contribution in [1.82, 2.24) is 15.0 Å². The Morgan fingerprint density at radius 3 is 2.34 bits per heavy atom. The van der Waals surface area contributed by atoms with Gasteiger partial charge in [-0.15, -0.1) is 0 Å². The summed E-state index contributed by atoms with van der Waals surface area (Å²) in [6.45, 7) is 3.98. The van der Waals surface area contributed by atoms with Crippen molar-refractivity contribution in [3.05, 3.63) is 65.5 Å². The summed E-state index contributed by atoms with van der Waals surface area (Å²) >= 11 is 1.31. The number of halogens is 3. The molecule has 0 aliphatic carbocycles. The van der Waals surface area contributed by atoms with Crippen molar-refractivity contribution in [2.75, 3.05) is 10.6 Å². The van der Waals surface area contributed by atoms with Gasteiger partial charge in [-0.05, 0) is 37.1 Å². The number of anilines is 4. The van der Waals surface area contributed by atoms with E-state index in [4.69, 9.17) is 0 Å². The molecule has 0 bridgehead atoms. The van der Waals surface area contributed by atoms with Crippen LogP contribution in [0.25, 0.3) is 10.3 Å². The zero-order chi connectivity index (χ0) is 20.6. The van der Waals surface area contributed by atoms with Crippen LogP contribution in [0.15, 0.2) is 48.8 Å². The molecule has 0 fully saturated rings. The zero-order valence-corrected chi connectivity index (χ0v) is 16.3. The number of aryl methyl sites for hydroxylation is 2. The van der Waals surface area contributed by atoms with Crippen LogP contribution in [0.2, 0.25) is 0 Å². The fourth-order valence-corrected chi connectivity index (χ4v) is 3.80. The molecule has 148 valence electrons. The summed E-state index contributed by atoms with van der Waals surface area (Å²) in [6.07, 6.45) is -3.17. The van der Waals surface area contributed by atoms with Crippen LogP contribution in [0.5, 0.6) is 0 Å². The molecular formula is C20H16F3N5S. The van der Waals surface area contributed by atoms with Crippen LogP contribution in [-0.2, 0) is 6.18 Å². The van der Waals surface area contributed by atoms with E-state index in [1.54, 1.807) is 0 Å². The zero-order valence-electron chi connectivity index (χ0n) is 15.5. The van der Waals surface area contributed by atoms with E-state index in [0.717, 1.165) is 22.9 Å². The highest BCUT2D eigenvalue weighted by Crippen LogP contribution is 2.37. The molecule has 4 aromatic rings. The van der Waals surface area contributed by atoms with E-state index in [9.17, 15) is 13.2 Å². The van der Waals surface area contributed by atoms with Crippen molar-refractivity contribution in [2.24, 2.45) is 0 Å². The third-order valence-corrected chi connectivity index (χ3v) is 5.27. The number of aromatic nitrogens is 3. The molecule has 0 spiro atoms. The molecular weight excluding hydrogens is 399 g/mol. The average molecular weight is 415 g/mol. The number of hydrogen-bond acceptors (Lipinski definition) is 6. The molecule has 9 heteroatoms. The summed E-state index contributed by atoms with van der Waals surface area (Å²) in [4.78, 5) is 13.4. The van der Waals surface area contributed by atoms with Crippen LogP contribution in [0.4, 0.5) is 35.5 Å². The standard InChI is InChI=1S/C20H16F3N5S/c1-11-6-5-7-12(2)15(11)27-19-28-16-17(24-10-25-18(16)29-19)26-14-9-4-3-8-13(14)20(21,22)23/h3-10H,1-2H3,(H,27,28)(H,24,25,26). The van der Waals surface area contributed by atoms with Crippen molar-refractivity contribution in [3.63, 3.8) is 0 Å². The van der Waals surface area contributed by atoms with Gasteiger partial charge in [-0.1, -0.05) is 41.7 Å². The summed E-state index contributed by atoms with van der Waals surface area (Å²) in [6, 6.07) is 11.2. The predicted molar refractivity (Wildman–Crippen MR) is 109 cm³/mol. The normalized spacial score (nSPS) is 11.6. The van der Waals surface area contributed by atoms with E-state index in [1.807, 2.05) is 32.0 Å². The van der Waals surface area contributed by atoms with Gasteiger partial charge in [0.1, 0.15) is 11.8 Å². The molecule has 0 unspecified atom stereocenters. The largest absolute Gasteiger partial charge is 0.418 e. The van der Waals surface area contributed by atoms with Crippen molar-refractivity contribution >= 4 is 44.0 Å². The van der Waals surface area contributed by atoms with Crippen molar-refractivity contribution < 1.29 is 13.2 Å². The lowest BCUT2D eigenvalue weighted by Gasteiger charge is -2.13. The second-order valence-corrected chi connectivity index (χ2v) is 7.43. The molecule has 0 amide bonds. The monoisotopic (exact) mass is 415 g/mol. The summed E-state index contributed by atoms with van der Waals surface area (Å²) in [5, 5.41) is 6.64. The maximum atomic E-state index is 13.3. The summed E-state index contributed by atoms with van der Waals surface area (Å²) in [7, 11) is 0. The second-order valence-electron chi connectivity index (χ2n) is 6.46. The molecule has 2 N–H and O–H groups in total. The van der Waals surface area contributed by atoms with Crippen molar-refractivity contribution in [2.45, 2.75) is 20.0 Å². The van der Waals surface area contributed by atoms with E-state index in [0.29, 0.717) is 15.5 Å². The highest BCUT2D eigenvalue weighted by Gasteiger charge is 2.33. The number of rotatable bonds is 4. The number of alkyl halides is 3. The Labute approximate surface area is 168 Å². The fraction of sp³-hybridized carbons (Fsp3) is 0.150. The van der Waals surface area contributed by atoms with E-state index in [-0.39, 0.29) is 11.5 Å². The molecule has 0 radical (unpaired) electrons. The number of fused-ring (bicyclic) bond motifs is 1.